The summed E-state index contributed by atoms with van der Waals surface area (Å²) in [6.45, 7) is 7.52. The topological polar surface area (TPSA) is 34.4 Å². The smallest absolute Gasteiger partial charge is 0.251 e. The van der Waals surface area contributed by atoms with E-state index in [0.29, 0.717) is 5.92 Å². The Morgan fingerprint density at radius 2 is 2.04 bits per heavy atom. The van der Waals surface area contributed by atoms with Crippen molar-refractivity contribution >= 4 is 27.5 Å². The standard InChI is InChI=1S/C20H28N2OS/c1-4-12-22-17-11-10-16(14(2)3)13-18(17)24-20(22)21-19(23)15-8-6-5-7-9-15/h10-11,13-15H,4-9,12H2,1-3H3. The van der Waals surface area contributed by atoms with Crippen LogP contribution in [0.25, 0.3) is 10.2 Å². The fourth-order valence-corrected chi connectivity index (χ4v) is 4.62. The predicted molar refractivity (Wildman–Crippen MR) is 101 cm³/mol. The quantitative estimate of drug-likeness (QED) is 0.746. The lowest BCUT2D eigenvalue weighted by molar-refractivity contribution is -0.122. The summed E-state index contributed by atoms with van der Waals surface area (Å²) in [6.07, 6.45) is 6.68. The highest BCUT2D eigenvalue weighted by Gasteiger charge is 2.21. The molecule has 1 amide bonds. The van der Waals surface area contributed by atoms with Gasteiger partial charge in [0.15, 0.2) is 4.80 Å². The number of carbonyl (C=O) groups is 1. The number of nitrogens with zero attached hydrogens (tertiary/aromatic N) is 2. The van der Waals surface area contributed by atoms with E-state index in [9.17, 15) is 4.79 Å². The summed E-state index contributed by atoms with van der Waals surface area (Å²) < 4.78 is 3.47. The first-order chi connectivity index (χ1) is 11.6. The molecule has 2 aromatic rings. The summed E-state index contributed by atoms with van der Waals surface area (Å²) in [4.78, 5) is 18.0. The van der Waals surface area contributed by atoms with Gasteiger partial charge in [0.05, 0.1) is 10.2 Å². The van der Waals surface area contributed by atoms with Gasteiger partial charge in [0.1, 0.15) is 0 Å². The van der Waals surface area contributed by atoms with Crippen LogP contribution in [0.1, 0.15) is 70.8 Å². The van der Waals surface area contributed by atoms with Crippen molar-refractivity contribution < 1.29 is 4.79 Å². The van der Waals surface area contributed by atoms with Crippen LogP contribution in [0.5, 0.6) is 0 Å². The third-order valence-corrected chi connectivity index (χ3v) is 6.02. The van der Waals surface area contributed by atoms with Gasteiger partial charge in [-0.05, 0) is 42.9 Å². The number of benzene rings is 1. The van der Waals surface area contributed by atoms with E-state index >= 15 is 0 Å². The molecule has 4 heteroatoms. The van der Waals surface area contributed by atoms with Gasteiger partial charge in [-0.15, -0.1) is 0 Å². The highest BCUT2D eigenvalue weighted by atomic mass is 32.1. The third kappa shape index (κ3) is 3.64. The first-order valence-corrected chi connectivity index (χ1v) is 10.1. The van der Waals surface area contributed by atoms with E-state index in [4.69, 9.17) is 0 Å². The Balaban J connectivity index is 2.03. The van der Waals surface area contributed by atoms with Crippen molar-refractivity contribution in [3.05, 3.63) is 28.6 Å². The normalized spacial score (nSPS) is 17.1. The van der Waals surface area contributed by atoms with E-state index in [1.54, 1.807) is 11.3 Å². The molecular weight excluding hydrogens is 316 g/mol. The van der Waals surface area contributed by atoms with Crippen molar-refractivity contribution in [1.29, 1.82) is 0 Å². The van der Waals surface area contributed by atoms with Crippen LogP contribution in [0.2, 0.25) is 0 Å². The minimum atomic E-state index is 0.0928. The molecule has 24 heavy (non-hydrogen) atoms. The van der Waals surface area contributed by atoms with Crippen molar-refractivity contribution in [3.8, 4) is 0 Å². The van der Waals surface area contributed by atoms with Crippen LogP contribution in [-0.2, 0) is 11.3 Å². The van der Waals surface area contributed by atoms with Crippen molar-refractivity contribution in [2.45, 2.75) is 71.8 Å². The van der Waals surface area contributed by atoms with Crippen LogP contribution in [0.3, 0.4) is 0 Å². The maximum absolute atomic E-state index is 12.6. The minimum absolute atomic E-state index is 0.0928. The van der Waals surface area contributed by atoms with Gasteiger partial charge in [-0.3, -0.25) is 4.79 Å². The number of carbonyl (C=O) groups excluding carboxylic acids is 1. The monoisotopic (exact) mass is 344 g/mol. The van der Waals surface area contributed by atoms with Gasteiger partial charge in [0, 0.05) is 12.5 Å². The molecule has 1 heterocycles. The van der Waals surface area contributed by atoms with Gasteiger partial charge < -0.3 is 4.57 Å². The number of amides is 1. The third-order valence-electron chi connectivity index (χ3n) is 4.98. The lowest BCUT2D eigenvalue weighted by Crippen LogP contribution is -2.22. The second kappa shape index (κ2) is 7.64. The van der Waals surface area contributed by atoms with Gasteiger partial charge >= 0.3 is 0 Å². The first-order valence-electron chi connectivity index (χ1n) is 9.32. The Bertz CT molecular complexity index is 779. The molecule has 3 nitrogen and oxygen atoms in total. The number of hydrogen-bond donors (Lipinski definition) is 0. The predicted octanol–water partition coefficient (Wildman–Crippen LogP) is 5.24. The molecule has 0 saturated heterocycles. The molecule has 1 saturated carbocycles. The Hall–Kier alpha value is -1.42. The molecule has 0 spiro atoms. The summed E-state index contributed by atoms with van der Waals surface area (Å²) in [6, 6.07) is 6.67. The number of aromatic nitrogens is 1. The second-order valence-corrected chi connectivity index (χ2v) is 8.21. The zero-order valence-electron chi connectivity index (χ0n) is 15.0. The fourth-order valence-electron chi connectivity index (χ4n) is 3.51. The van der Waals surface area contributed by atoms with E-state index in [-0.39, 0.29) is 11.8 Å². The number of hydrogen-bond acceptors (Lipinski definition) is 2. The molecule has 130 valence electrons. The van der Waals surface area contributed by atoms with E-state index in [2.05, 4.69) is 48.5 Å². The van der Waals surface area contributed by atoms with E-state index in [1.165, 1.54) is 35.0 Å². The molecule has 1 aliphatic carbocycles. The molecule has 0 atom stereocenters. The zero-order valence-corrected chi connectivity index (χ0v) is 15.9. The van der Waals surface area contributed by atoms with Crippen molar-refractivity contribution in [3.63, 3.8) is 0 Å². The van der Waals surface area contributed by atoms with Crippen LogP contribution in [0, 0.1) is 5.92 Å². The number of rotatable bonds is 4. The number of aryl methyl sites for hydroxylation is 1. The summed E-state index contributed by atoms with van der Waals surface area (Å²) in [5, 5.41) is 0. The van der Waals surface area contributed by atoms with Crippen LogP contribution in [-0.4, -0.2) is 10.5 Å². The zero-order chi connectivity index (χ0) is 17.1. The molecule has 3 rings (SSSR count). The molecule has 1 aliphatic rings. The average molecular weight is 345 g/mol. The molecule has 0 bridgehead atoms. The van der Waals surface area contributed by atoms with Crippen LogP contribution in [0.4, 0.5) is 0 Å². The lowest BCUT2D eigenvalue weighted by Gasteiger charge is -2.17. The number of fused-ring (bicyclic) bond motifs is 1. The van der Waals surface area contributed by atoms with Gasteiger partial charge in [-0.25, -0.2) is 0 Å². The molecule has 1 aromatic carbocycles. The van der Waals surface area contributed by atoms with Gasteiger partial charge in [-0.1, -0.05) is 57.4 Å². The molecule has 0 aliphatic heterocycles. The highest BCUT2D eigenvalue weighted by Crippen LogP contribution is 2.26. The van der Waals surface area contributed by atoms with Gasteiger partial charge in [0.25, 0.3) is 5.91 Å². The van der Waals surface area contributed by atoms with E-state index in [0.717, 1.165) is 30.6 Å². The first kappa shape index (κ1) is 17.4. The summed E-state index contributed by atoms with van der Waals surface area (Å²) in [7, 11) is 0. The van der Waals surface area contributed by atoms with Crippen molar-refractivity contribution in [2.75, 3.05) is 0 Å². The molecule has 0 radical (unpaired) electrons. The Morgan fingerprint density at radius 1 is 1.29 bits per heavy atom. The number of thiazole rings is 1. The fraction of sp³-hybridized carbons (Fsp3) is 0.600. The van der Waals surface area contributed by atoms with Crippen molar-refractivity contribution in [1.82, 2.24) is 4.57 Å². The van der Waals surface area contributed by atoms with Crippen LogP contribution < -0.4 is 4.80 Å². The largest absolute Gasteiger partial charge is 0.316 e. The Kier molecular flexibility index (Phi) is 5.54. The van der Waals surface area contributed by atoms with E-state index in [1.807, 2.05) is 0 Å². The van der Waals surface area contributed by atoms with E-state index < -0.39 is 0 Å². The lowest BCUT2D eigenvalue weighted by atomic mass is 9.89. The van der Waals surface area contributed by atoms with Crippen molar-refractivity contribution in [2.24, 2.45) is 10.9 Å². The second-order valence-electron chi connectivity index (χ2n) is 7.20. The SMILES string of the molecule is CCCn1c(=NC(=O)C2CCCCC2)sc2cc(C(C)C)ccc21. The average Bonchev–Trinajstić information content (AvgIpc) is 2.92. The van der Waals surface area contributed by atoms with Gasteiger partial charge in [0.2, 0.25) is 0 Å². The molecule has 0 unspecified atom stereocenters. The Labute approximate surface area is 148 Å². The Morgan fingerprint density at radius 3 is 2.71 bits per heavy atom. The molecule has 1 fully saturated rings. The summed E-state index contributed by atoms with van der Waals surface area (Å²) in [5.74, 6) is 0.751. The summed E-state index contributed by atoms with van der Waals surface area (Å²) >= 11 is 1.66. The van der Waals surface area contributed by atoms with Gasteiger partial charge in [-0.2, -0.15) is 4.99 Å². The van der Waals surface area contributed by atoms with Crippen LogP contribution in [0.15, 0.2) is 23.2 Å². The molecule has 0 N–H and O–H groups in total. The minimum Gasteiger partial charge on any atom is -0.316 e. The maximum Gasteiger partial charge on any atom is 0.251 e. The highest BCUT2D eigenvalue weighted by molar-refractivity contribution is 7.16. The molecular formula is C20H28N2OS. The summed E-state index contributed by atoms with van der Waals surface area (Å²) in [5.41, 5.74) is 2.55. The maximum atomic E-state index is 12.6. The molecule has 1 aromatic heterocycles. The van der Waals surface area contributed by atoms with Crippen LogP contribution >= 0.6 is 11.3 Å².